The van der Waals surface area contributed by atoms with Gasteiger partial charge in [0.1, 0.15) is 0 Å². The first-order chi connectivity index (χ1) is 30.0. The van der Waals surface area contributed by atoms with Crippen molar-refractivity contribution in [2.45, 2.75) is 35.9 Å². The van der Waals surface area contributed by atoms with Gasteiger partial charge in [0.05, 0.1) is 22.3 Å². The van der Waals surface area contributed by atoms with Gasteiger partial charge in [0, 0.05) is 11.1 Å². The summed E-state index contributed by atoms with van der Waals surface area (Å²) in [7, 11) is 0. The highest BCUT2D eigenvalue weighted by molar-refractivity contribution is 6.54. The molecular formula is C46H27F12NO5. The van der Waals surface area contributed by atoms with Crippen LogP contribution >= 0.6 is 0 Å². The van der Waals surface area contributed by atoms with E-state index in [0.717, 1.165) is 59.7 Å². The van der Waals surface area contributed by atoms with Gasteiger partial charge in [0.25, 0.3) is 0 Å². The van der Waals surface area contributed by atoms with E-state index in [2.05, 4.69) is 5.16 Å². The van der Waals surface area contributed by atoms with Gasteiger partial charge in [-0.1, -0.05) is 102 Å². The number of fused-ring (bicyclic) bond motifs is 3. The smallest absolute Gasteiger partial charge is 0.410 e. The standard InChI is InChI=1S/C32H18F12O3.C14H9NO2/c33-29(34,35)23-9-1-19(2-10-23)27(17-45,20-3-11-24(12-4-20)30(36,37)38)47-28(18-46,21-5-13-25(14-6-21)31(39,40)41)22-7-15-26(16-8-22)32(42,43)44;16-14-12-8-4-2-6-10(12)9-5-1-3-7-11(9)13(14)15-17/h1-18H;1-8,17H. The van der Waals surface area contributed by atoms with Crippen molar-refractivity contribution in [1.82, 2.24) is 0 Å². The maximum atomic E-state index is 13.4. The fourth-order valence-corrected chi connectivity index (χ4v) is 6.96. The van der Waals surface area contributed by atoms with Crippen LogP contribution in [0.3, 0.4) is 0 Å². The largest absolute Gasteiger partial charge is 0.416 e. The Bertz CT molecular complexity index is 2440. The molecule has 6 nitrogen and oxygen atoms in total. The summed E-state index contributed by atoms with van der Waals surface area (Å²) in [4.78, 5) is 38.2. The van der Waals surface area contributed by atoms with E-state index in [-0.39, 0.29) is 24.1 Å². The van der Waals surface area contributed by atoms with Crippen LogP contribution in [-0.4, -0.2) is 29.3 Å². The van der Waals surface area contributed by atoms with Crippen molar-refractivity contribution in [2.24, 2.45) is 5.16 Å². The number of carbonyl (C=O) groups is 3. The molecule has 7 rings (SSSR count). The molecule has 18 heteroatoms. The number of rotatable bonds is 8. The van der Waals surface area contributed by atoms with Gasteiger partial charge in [0.15, 0.2) is 29.5 Å². The van der Waals surface area contributed by atoms with Crippen molar-refractivity contribution in [1.29, 1.82) is 0 Å². The number of Topliss-reactive ketones (excluding diaryl/α,β-unsaturated/α-hetero) is 1. The van der Waals surface area contributed by atoms with Crippen molar-refractivity contribution in [3.63, 3.8) is 0 Å². The number of hydrogen-bond donors (Lipinski definition) is 1. The summed E-state index contributed by atoms with van der Waals surface area (Å²) >= 11 is 0. The molecule has 0 fully saturated rings. The number of nitrogens with zero attached hydrogens (tertiary/aromatic N) is 1. The van der Waals surface area contributed by atoms with Crippen LogP contribution in [-0.2, 0) is 50.2 Å². The van der Waals surface area contributed by atoms with Crippen LogP contribution in [0.15, 0.2) is 151 Å². The predicted molar refractivity (Wildman–Crippen MR) is 205 cm³/mol. The van der Waals surface area contributed by atoms with E-state index >= 15 is 0 Å². The van der Waals surface area contributed by atoms with Gasteiger partial charge in [-0.15, -0.1) is 0 Å². The molecule has 0 unspecified atom stereocenters. The highest BCUT2D eigenvalue weighted by atomic mass is 19.4. The number of aldehydes is 2. The summed E-state index contributed by atoms with van der Waals surface area (Å²) < 4.78 is 166. The molecule has 6 aromatic rings. The van der Waals surface area contributed by atoms with Crippen LogP contribution in [0.25, 0.3) is 11.1 Å². The Labute approximate surface area is 354 Å². The average molecular weight is 902 g/mol. The highest BCUT2D eigenvalue weighted by Crippen LogP contribution is 2.46. The lowest BCUT2D eigenvalue weighted by Gasteiger charge is -2.40. The molecule has 1 aliphatic carbocycles. The molecule has 0 spiro atoms. The van der Waals surface area contributed by atoms with Crippen molar-refractivity contribution in [2.75, 3.05) is 0 Å². The number of halogens is 12. The topological polar surface area (TPSA) is 93.0 Å². The van der Waals surface area contributed by atoms with Gasteiger partial charge < -0.3 is 9.94 Å². The zero-order chi connectivity index (χ0) is 46.9. The van der Waals surface area contributed by atoms with Crippen molar-refractivity contribution in [3.05, 3.63) is 201 Å². The molecule has 0 heterocycles. The number of hydrogen-bond acceptors (Lipinski definition) is 6. The second kappa shape index (κ2) is 17.2. The van der Waals surface area contributed by atoms with Gasteiger partial charge in [0.2, 0.25) is 5.78 Å². The summed E-state index contributed by atoms with van der Waals surface area (Å²) in [5.41, 5.74) is -9.18. The molecule has 0 radical (unpaired) electrons. The zero-order valence-electron chi connectivity index (χ0n) is 32.1. The first-order valence-corrected chi connectivity index (χ1v) is 18.3. The van der Waals surface area contributed by atoms with E-state index in [1.54, 1.807) is 18.2 Å². The summed E-state index contributed by atoms with van der Waals surface area (Å²) in [5.74, 6) is -0.234. The van der Waals surface area contributed by atoms with Crippen LogP contribution in [0.2, 0.25) is 0 Å². The zero-order valence-corrected chi connectivity index (χ0v) is 32.1. The van der Waals surface area contributed by atoms with E-state index < -0.39 is 80.4 Å². The Hall–Kier alpha value is -7.08. The van der Waals surface area contributed by atoms with E-state index in [1.807, 2.05) is 30.3 Å². The molecule has 1 N–H and O–H groups in total. The first-order valence-electron chi connectivity index (χ1n) is 18.3. The van der Waals surface area contributed by atoms with Crippen molar-refractivity contribution >= 4 is 24.1 Å². The molecule has 0 saturated heterocycles. The molecule has 6 aromatic carbocycles. The minimum Gasteiger partial charge on any atom is -0.410 e. The number of ketones is 1. The lowest BCUT2D eigenvalue weighted by Crippen LogP contribution is -2.45. The quantitative estimate of drug-likeness (QED) is 0.0711. The van der Waals surface area contributed by atoms with Crippen LogP contribution in [0.5, 0.6) is 0 Å². The fraction of sp³-hybridized carbons (Fsp3) is 0.130. The molecule has 64 heavy (non-hydrogen) atoms. The van der Waals surface area contributed by atoms with Crippen molar-refractivity contribution < 1.29 is 77.0 Å². The number of ether oxygens (including phenoxy) is 1. The van der Waals surface area contributed by atoms with E-state index in [1.165, 1.54) is 0 Å². The third-order valence-corrected chi connectivity index (χ3v) is 10.2. The lowest BCUT2D eigenvalue weighted by molar-refractivity contribution is -0.156. The normalized spacial score (nSPS) is 13.9. The maximum absolute atomic E-state index is 13.4. The summed E-state index contributed by atoms with van der Waals surface area (Å²) in [6.07, 6.45) is -19.7. The van der Waals surface area contributed by atoms with Crippen LogP contribution in [0.4, 0.5) is 52.7 Å². The number of alkyl halides is 12. The van der Waals surface area contributed by atoms with Crippen LogP contribution in [0, 0.1) is 0 Å². The SMILES string of the molecule is O=C1C(=NO)c2ccccc2-c2ccccc21.O=CC(OC(C=O)(c1ccc(C(F)(F)F)cc1)c1ccc(C(F)(F)F)cc1)(c1ccc(C(F)(F)F)cc1)c1ccc(C(F)(F)F)cc1. The third kappa shape index (κ3) is 9.04. The van der Waals surface area contributed by atoms with Gasteiger partial charge in [-0.25, -0.2) is 0 Å². The Morgan fingerprint density at radius 3 is 0.859 bits per heavy atom. The molecule has 0 aliphatic heterocycles. The van der Waals surface area contributed by atoms with Gasteiger partial charge in [-0.3, -0.25) is 14.4 Å². The molecule has 0 bridgehead atoms. The second-order valence-corrected chi connectivity index (χ2v) is 14.0. The van der Waals surface area contributed by atoms with Crippen LogP contribution < -0.4 is 0 Å². The maximum Gasteiger partial charge on any atom is 0.416 e. The minimum absolute atomic E-state index is 0.0649. The lowest BCUT2D eigenvalue weighted by atomic mass is 9.81. The highest BCUT2D eigenvalue weighted by Gasteiger charge is 2.48. The molecule has 0 atom stereocenters. The summed E-state index contributed by atoms with van der Waals surface area (Å²) in [6.45, 7) is 0. The summed E-state index contributed by atoms with van der Waals surface area (Å²) in [5, 5.41) is 12.1. The Morgan fingerprint density at radius 1 is 0.375 bits per heavy atom. The monoisotopic (exact) mass is 901 g/mol. The van der Waals surface area contributed by atoms with E-state index in [9.17, 15) is 67.1 Å². The second-order valence-electron chi connectivity index (χ2n) is 14.0. The molecular weight excluding hydrogens is 874 g/mol. The molecule has 1 aliphatic rings. The van der Waals surface area contributed by atoms with Crippen molar-refractivity contribution in [3.8, 4) is 11.1 Å². The summed E-state index contributed by atoms with van der Waals surface area (Å²) in [6, 6.07) is 24.6. The van der Waals surface area contributed by atoms with E-state index in [0.29, 0.717) is 59.7 Å². The van der Waals surface area contributed by atoms with Crippen LogP contribution in [0.1, 0.15) is 60.4 Å². The third-order valence-electron chi connectivity index (χ3n) is 10.2. The number of benzene rings is 6. The van der Waals surface area contributed by atoms with E-state index in [4.69, 9.17) is 9.94 Å². The number of carbonyl (C=O) groups excluding carboxylic acids is 3. The predicted octanol–water partition coefficient (Wildman–Crippen LogP) is 12.1. The fourth-order valence-electron chi connectivity index (χ4n) is 6.96. The van der Waals surface area contributed by atoms with Gasteiger partial charge >= 0.3 is 24.7 Å². The Kier molecular flexibility index (Phi) is 12.5. The molecule has 0 amide bonds. The Balaban J connectivity index is 0.000000330. The molecule has 0 aromatic heterocycles. The van der Waals surface area contributed by atoms with Gasteiger partial charge in [-0.05, 0) is 81.9 Å². The molecule has 330 valence electrons. The minimum atomic E-state index is -4.88. The molecule has 0 saturated carbocycles. The average Bonchev–Trinajstić information content (AvgIpc) is 3.27. The number of oxime groups is 1. The Morgan fingerprint density at radius 2 is 0.609 bits per heavy atom. The first kappa shape index (κ1) is 46.4. The van der Waals surface area contributed by atoms with Gasteiger partial charge in [-0.2, -0.15) is 52.7 Å².